The normalized spacial score (nSPS) is 35.5. The van der Waals surface area contributed by atoms with Gasteiger partial charge in [-0.05, 0) is 53.2 Å². The molecule has 3 aliphatic rings. The SMILES string of the molecule is CC(C)(C)[Si](C)(C)OCCC1=C(Br)[C@H]2[C@@H]1[C@@H]1C=C[C@H]2C1. The Balaban J connectivity index is 1.57. The van der Waals surface area contributed by atoms with Crippen LogP contribution in [0, 0.1) is 23.7 Å². The highest BCUT2D eigenvalue weighted by molar-refractivity contribution is 9.11. The fourth-order valence-electron chi connectivity index (χ4n) is 3.84. The molecule has 112 valence electrons. The van der Waals surface area contributed by atoms with Crippen molar-refractivity contribution in [2.24, 2.45) is 23.7 Å². The number of rotatable bonds is 4. The maximum Gasteiger partial charge on any atom is 0.191 e. The van der Waals surface area contributed by atoms with Crippen molar-refractivity contribution in [3.63, 3.8) is 0 Å². The summed E-state index contributed by atoms with van der Waals surface area (Å²) in [5, 5.41) is 0.315. The van der Waals surface area contributed by atoms with Crippen LogP contribution in [0.3, 0.4) is 0 Å². The van der Waals surface area contributed by atoms with Gasteiger partial charge in [-0.1, -0.05) is 54.4 Å². The Hall–Kier alpha value is 0.137. The first kappa shape index (κ1) is 15.0. The van der Waals surface area contributed by atoms with Gasteiger partial charge in [0.15, 0.2) is 8.32 Å². The molecule has 1 fully saturated rings. The molecule has 0 aliphatic heterocycles. The van der Waals surface area contributed by atoms with Crippen LogP contribution < -0.4 is 0 Å². The molecule has 0 N–H and O–H groups in total. The summed E-state index contributed by atoms with van der Waals surface area (Å²) in [6.07, 6.45) is 7.41. The summed E-state index contributed by atoms with van der Waals surface area (Å²) in [5.41, 5.74) is 1.66. The minimum atomic E-state index is -1.58. The molecule has 0 aromatic carbocycles. The predicted octanol–water partition coefficient (Wildman–Crippen LogP) is 5.50. The molecule has 1 nitrogen and oxygen atoms in total. The number of allylic oxidation sites excluding steroid dienone is 3. The molecule has 3 rings (SSSR count). The van der Waals surface area contributed by atoms with E-state index >= 15 is 0 Å². The van der Waals surface area contributed by atoms with Crippen LogP contribution in [-0.2, 0) is 4.43 Å². The van der Waals surface area contributed by atoms with Crippen molar-refractivity contribution in [1.29, 1.82) is 0 Å². The van der Waals surface area contributed by atoms with Crippen LogP contribution in [0.1, 0.15) is 33.6 Å². The molecule has 3 aliphatic carbocycles. The summed E-state index contributed by atoms with van der Waals surface area (Å²) in [4.78, 5) is 0. The van der Waals surface area contributed by atoms with Crippen LogP contribution in [0.4, 0.5) is 0 Å². The lowest BCUT2D eigenvalue weighted by Gasteiger charge is -2.42. The van der Waals surface area contributed by atoms with Crippen LogP contribution in [0.5, 0.6) is 0 Å². The van der Waals surface area contributed by atoms with Gasteiger partial charge in [-0.25, -0.2) is 0 Å². The molecule has 0 unspecified atom stereocenters. The third-order valence-corrected chi connectivity index (χ3v) is 11.7. The minimum Gasteiger partial charge on any atom is -0.417 e. The molecular weight excluding hydrogens is 328 g/mol. The second-order valence-electron chi connectivity index (χ2n) is 8.23. The highest BCUT2D eigenvalue weighted by Crippen LogP contribution is 2.63. The summed E-state index contributed by atoms with van der Waals surface area (Å²) in [5.74, 6) is 3.30. The van der Waals surface area contributed by atoms with Crippen LogP contribution in [0.15, 0.2) is 22.2 Å². The average molecular weight is 355 g/mol. The van der Waals surface area contributed by atoms with E-state index in [9.17, 15) is 0 Å². The fourth-order valence-corrected chi connectivity index (χ4v) is 5.97. The largest absolute Gasteiger partial charge is 0.417 e. The van der Waals surface area contributed by atoms with Gasteiger partial charge in [-0.2, -0.15) is 0 Å². The summed E-state index contributed by atoms with van der Waals surface area (Å²) >= 11 is 3.86. The van der Waals surface area contributed by atoms with Crippen LogP contribution >= 0.6 is 15.9 Å². The molecule has 20 heavy (non-hydrogen) atoms. The monoisotopic (exact) mass is 354 g/mol. The van der Waals surface area contributed by atoms with Crippen LogP contribution in [-0.4, -0.2) is 14.9 Å². The van der Waals surface area contributed by atoms with E-state index in [1.807, 2.05) is 0 Å². The molecule has 0 saturated heterocycles. The van der Waals surface area contributed by atoms with E-state index < -0.39 is 8.32 Å². The molecule has 3 heteroatoms. The summed E-state index contributed by atoms with van der Waals surface area (Å²) in [7, 11) is -1.58. The van der Waals surface area contributed by atoms with E-state index in [1.54, 1.807) is 5.57 Å². The predicted molar refractivity (Wildman–Crippen MR) is 91.4 cm³/mol. The van der Waals surface area contributed by atoms with Crippen LogP contribution in [0.25, 0.3) is 0 Å². The van der Waals surface area contributed by atoms with E-state index in [4.69, 9.17) is 4.43 Å². The van der Waals surface area contributed by atoms with Crippen molar-refractivity contribution in [2.45, 2.75) is 51.7 Å². The molecule has 0 radical (unpaired) electrons. The van der Waals surface area contributed by atoms with Crippen molar-refractivity contribution in [2.75, 3.05) is 6.61 Å². The van der Waals surface area contributed by atoms with Gasteiger partial charge in [0.25, 0.3) is 0 Å². The highest BCUT2D eigenvalue weighted by Gasteiger charge is 2.53. The number of halogens is 1. The Morgan fingerprint density at radius 1 is 1.20 bits per heavy atom. The van der Waals surface area contributed by atoms with Gasteiger partial charge in [0.1, 0.15) is 0 Å². The van der Waals surface area contributed by atoms with Gasteiger partial charge >= 0.3 is 0 Å². The zero-order chi connectivity index (χ0) is 14.7. The Bertz CT molecular complexity index is 472. The minimum absolute atomic E-state index is 0.315. The third kappa shape index (κ3) is 2.21. The fraction of sp³-hybridized carbons (Fsp3) is 0.765. The van der Waals surface area contributed by atoms with Crippen molar-refractivity contribution in [3.8, 4) is 0 Å². The first-order chi connectivity index (χ1) is 9.22. The number of hydrogen-bond donors (Lipinski definition) is 0. The first-order valence-corrected chi connectivity index (χ1v) is 11.6. The maximum atomic E-state index is 6.34. The Morgan fingerprint density at radius 3 is 2.40 bits per heavy atom. The summed E-state index contributed by atoms with van der Waals surface area (Å²) in [6.45, 7) is 12.5. The Labute approximate surface area is 133 Å². The zero-order valence-corrected chi connectivity index (χ0v) is 16.0. The van der Waals surface area contributed by atoms with Gasteiger partial charge in [-0.3, -0.25) is 0 Å². The van der Waals surface area contributed by atoms with Crippen molar-refractivity contribution < 1.29 is 4.43 Å². The third-order valence-electron chi connectivity index (χ3n) is 6.10. The maximum absolute atomic E-state index is 6.34. The molecule has 0 aromatic heterocycles. The van der Waals surface area contributed by atoms with Crippen molar-refractivity contribution >= 4 is 24.2 Å². The van der Waals surface area contributed by atoms with Crippen molar-refractivity contribution in [1.82, 2.24) is 0 Å². The van der Waals surface area contributed by atoms with E-state index in [0.29, 0.717) is 5.04 Å². The lowest BCUT2D eigenvalue weighted by atomic mass is 9.68. The number of hydrogen-bond acceptors (Lipinski definition) is 1. The van der Waals surface area contributed by atoms with E-state index in [2.05, 4.69) is 61.9 Å². The zero-order valence-electron chi connectivity index (χ0n) is 13.4. The lowest BCUT2D eigenvalue weighted by molar-refractivity contribution is 0.268. The van der Waals surface area contributed by atoms with E-state index in [1.165, 1.54) is 10.9 Å². The van der Waals surface area contributed by atoms with Gasteiger partial charge in [0.05, 0.1) is 0 Å². The highest BCUT2D eigenvalue weighted by atomic mass is 79.9. The molecule has 0 heterocycles. The van der Waals surface area contributed by atoms with Gasteiger partial charge in [0.2, 0.25) is 0 Å². The Morgan fingerprint density at radius 2 is 1.80 bits per heavy atom. The second kappa shape index (κ2) is 4.82. The quantitative estimate of drug-likeness (QED) is 0.478. The molecule has 0 spiro atoms. The van der Waals surface area contributed by atoms with Gasteiger partial charge in [0, 0.05) is 12.5 Å². The summed E-state index contributed by atoms with van der Waals surface area (Å²) in [6, 6.07) is 0. The van der Waals surface area contributed by atoms with Crippen molar-refractivity contribution in [3.05, 3.63) is 22.2 Å². The molecule has 4 atom stereocenters. The Kier molecular flexibility index (Phi) is 3.63. The van der Waals surface area contributed by atoms with E-state index in [-0.39, 0.29) is 0 Å². The van der Waals surface area contributed by atoms with E-state index in [0.717, 1.165) is 36.7 Å². The number of fused-ring (bicyclic) bond motifs is 5. The van der Waals surface area contributed by atoms with Crippen LogP contribution in [0.2, 0.25) is 18.1 Å². The first-order valence-electron chi connectivity index (χ1n) is 7.93. The molecule has 1 saturated carbocycles. The smallest absolute Gasteiger partial charge is 0.191 e. The average Bonchev–Trinajstić information content (AvgIpc) is 2.90. The molecular formula is C17H27BrOSi. The lowest BCUT2D eigenvalue weighted by Crippen LogP contribution is -2.41. The topological polar surface area (TPSA) is 9.23 Å². The second-order valence-corrected chi connectivity index (χ2v) is 13.9. The van der Waals surface area contributed by atoms with Gasteiger partial charge < -0.3 is 4.43 Å². The summed E-state index contributed by atoms with van der Waals surface area (Å²) < 4.78 is 7.86. The molecule has 2 bridgehead atoms. The molecule has 0 aromatic rings. The molecule has 0 amide bonds. The van der Waals surface area contributed by atoms with Gasteiger partial charge in [-0.15, -0.1) is 0 Å². The standard InChI is InChI=1S/C17H27BrOSi/c1-17(2,3)20(4,5)19-9-8-13-14-11-6-7-12(10-11)15(14)16(13)18/h6-7,11-12,14-15H,8-10H2,1-5H3/t11-,12+,14-,15-/m1/s1.